The number of nitrogens with one attached hydrogen (secondary N) is 2. The van der Waals surface area contributed by atoms with Crippen LogP contribution in [0.1, 0.15) is 38.2 Å². The van der Waals surface area contributed by atoms with Crippen molar-refractivity contribution in [1.82, 2.24) is 10.6 Å². The molecule has 2 aliphatic carbocycles. The molecule has 0 aromatic heterocycles. The Hall–Kier alpha value is -1.35. The first kappa shape index (κ1) is 14.6. The summed E-state index contributed by atoms with van der Waals surface area (Å²) in [6, 6.07) is 10.5. The van der Waals surface area contributed by atoms with Gasteiger partial charge in [-0.2, -0.15) is 0 Å². The predicted molar refractivity (Wildman–Crippen MR) is 84.7 cm³/mol. The maximum Gasteiger partial charge on any atom is 0.234 e. The van der Waals surface area contributed by atoms with Gasteiger partial charge in [-0.05, 0) is 49.5 Å². The Balaban J connectivity index is 1.37. The van der Waals surface area contributed by atoms with Gasteiger partial charge in [0, 0.05) is 12.6 Å². The van der Waals surface area contributed by atoms with Gasteiger partial charge in [0.25, 0.3) is 0 Å². The highest BCUT2D eigenvalue weighted by molar-refractivity contribution is 5.78. The van der Waals surface area contributed by atoms with Crippen molar-refractivity contribution in [3.63, 3.8) is 0 Å². The first-order valence-corrected chi connectivity index (χ1v) is 8.26. The van der Waals surface area contributed by atoms with Crippen LogP contribution in [0.25, 0.3) is 0 Å². The summed E-state index contributed by atoms with van der Waals surface area (Å²) >= 11 is 0. The van der Waals surface area contributed by atoms with Gasteiger partial charge in [-0.15, -0.1) is 0 Å². The van der Waals surface area contributed by atoms with Crippen LogP contribution in [-0.4, -0.2) is 18.5 Å². The zero-order chi connectivity index (χ0) is 14.7. The Morgan fingerprint density at radius 1 is 1.24 bits per heavy atom. The van der Waals surface area contributed by atoms with E-state index in [4.69, 9.17) is 0 Å². The highest BCUT2D eigenvalue weighted by Crippen LogP contribution is 2.49. The van der Waals surface area contributed by atoms with E-state index in [1.807, 2.05) is 30.3 Å². The van der Waals surface area contributed by atoms with Gasteiger partial charge in [0.15, 0.2) is 0 Å². The number of benzene rings is 1. The second-order valence-electron chi connectivity index (χ2n) is 6.77. The Morgan fingerprint density at radius 2 is 2.05 bits per heavy atom. The molecule has 2 fully saturated rings. The number of carbonyl (C=O) groups excluding carboxylic acids is 1. The van der Waals surface area contributed by atoms with Gasteiger partial charge in [0.2, 0.25) is 5.91 Å². The van der Waals surface area contributed by atoms with Crippen molar-refractivity contribution in [3.05, 3.63) is 35.9 Å². The molecule has 2 saturated carbocycles. The molecule has 21 heavy (non-hydrogen) atoms. The van der Waals surface area contributed by atoms with Gasteiger partial charge < -0.3 is 10.6 Å². The van der Waals surface area contributed by atoms with E-state index in [0.29, 0.717) is 19.1 Å². The zero-order valence-corrected chi connectivity index (χ0v) is 12.8. The lowest BCUT2D eigenvalue weighted by Gasteiger charge is -2.28. The van der Waals surface area contributed by atoms with E-state index in [2.05, 4.69) is 17.6 Å². The molecule has 3 nitrogen and oxygen atoms in total. The lowest BCUT2D eigenvalue weighted by molar-refractivity contribution is -0.120. The highest BCUT2D eigenvalue weighted by Gasteiger charge is 2.41. The summed E-state index contributed by atoms with van der Waals surface area (Å²) in [6.45, 7) is 3.29. The van der Waals surface area contributed by atoms with Crippen molar-refractivity contribution in [2.75, 3.05) is 6.54 Å². The average molecular weight is 286 g/mol. The van der Waals surface area contributed by atoms with Crippen LogP contribution < -0.4 is 10.6 Å². The smallest absolute Gasteiger partial charge is 0.234 e. The quantitative estimate of drug-likeness (QED) is 0.844. The predicted octanol–water partition coefficient (Wildman–Crippen LogP) is 2.72. The van der Waals surface area contributed by atoms with E-state index in [9.17, 15) is 4.79 Å². The van der Waals surface area contributed by atoms with Crippen LogP contribution in [0.2, 0.25) is 0 Å². The summed E-state index contributed by atoms with van der Waals surface area (Å²) in [4.78, 5) is 11.9. The summed E-state index contributed by atoms with van der Waals surface area (Å²) in [5, 5.41) is 6.41. The molecule has 0 saturated heterocycles. The molecular weight excluding hydrogens is 260 g/mol. The van der Waals surface area contributed by atoms with E-state index in [-0.39, 0.29) is 5.91 Å². The Bertz CT molecular complexity index is 473. The molecule has 1 amide bonds. The van der Waals surface area contributed by atoms with Crippen LogP contribution in [0.3, 0.4) is 0 Å². The standard InChI is InChI=1S/C18H26N2O/c1-13(17-10-15-7-8-16(17)9-15)19-12-18(21)20-11-14-5-3-2-4-6-14/h2-6,13,15-17,19H,7-12H2,1H3,(H,20,21). The normalized spacial score (nSPS) is 28.5. The topological polar surface area (TPSA) is 41.1 Å². The first-order valence-electron chi connectivity index (χ1n) is 8.26. The van der Waals surface area contributed by atoms with Crippen LogP contribution in [0.5, 0.6) is 0 Å². The van der Waals surface area contributed by atoms with E-state index in [1.54, 1.807) is 0 Å². The minimum absolute atomic E-state index is 0.0915. The Labute approximate surface area is 127 Å². The summed E-state index contributed by atoms with van der Waals surface area (Å²) in [6.07, 6.45) is 5.63. The molecule has 0 radical (unpaired) electrons. The van der Waals surface area contributed by atoms with Crippen molar-refractivity contribution < 1.29 is 4.79 Å². The number of hydrogen-bond acceptors (Lipinski definition) is 2. The average Bonchev–Trinajstić information content (AvgIpc) is 3.14. The van der Waals surface area contributed by atoms with Gasteiger partial charge >= 0.3 is 0 Å². The molecular formula is C18H26N2O. The second-order valence-corrected chi connectivity index (χ2v) is 6.77. The van der Waals surface area contributed by atoms with Crippen LogP contribution >= 0.6 is 0 Å². The van der Waals surface area contributed by atoms with E-state index < -0.39 is 0 Å². The van der Waals surface area contributed by atoms with Crippen LogP contribution in [-0.2, 0) is 11.3 Å². The summed E-state index contributed by atoms with van der Waals surface area (Å²) in [5.41, 5.74) is 1.15. The van der Waals surface area contributed by atoms with E-state index in [1.165, 1.54) is 25.7 Å². The van der Waals surface area contributed by atoms with Gasteiger partial charge in [-0.3, -0.25) is 4.79 Å². The van der Waals surface area contributed by atoms with Crippen molar-refractivity contribution in [2.24, 2.45) is 17.8 Å². The fraction of sp³-hybridized carbons (Fsp3) is 0.611. The number of fused-ring (bicyclic) bond motifs is 2. The van der Waals surface area contributed by atoms with Gasteiger partial charge in [0.1, 0.15) is 0 Å². The van der Waals surface area contributed by atoms with Crippen LogP contribution in [0, 0.1) is 17.8 Å². The van der Waals surface area contributed by atoms with Crippen LogP contribution in [0.4, 0.5) is 0 Å². The van der Waals surface area contributed by atoms with E-state index >= 15 is 0 Å². The minimum atomic E-state index is 0.0915. The van der Waals surface area contributed by atoms with Crippen LogP contribution in [0.15, 0.2) is 30.3 Å². The molecule has 2 N–H and O–H groups in total. The summed E-state index contributed by atoms with van der Waals surface area (Å²) in [7, 11) is 0. The zero-order valence-electron chi connectivity index (χ0n) is 12.8. The number of amides is 1. The third kappa shape index (κ3) is 3.65. The lowest BCUT2D eigenvalue weighted by Crippen LogP contribution is -2.42. The summed E-state index contributed by atoms with van der Waals surface area (Å²) < 4.78 is 0. The highest BCUT2D eigenvalue weighted by atomic mass is 16.1. The minimum Gasteiger partial charge on any atom is -0.351 e. The number of carbonyl (C=O) groups is 1. The van der Waals surface area contributed by atoms with Crippen molar-refractivity contribution in [2.45, 2.75) is 45.2 Å². The molecule has 1 aromatic rings. The maximum atomic E-state index is 11.9. The summed E-state index contributed by atoms with van der Waals surface area (Å²) in [5.74, 6) is 2.75. The fourth-order valence-corrected chi connectivity index (χ4v) is 4.17. The molecule has 114 valence electrons. The molecule has 0 spiro atoms. The molecule has 1 aromatic carbocycles. The third-order valence-corrected chi connectivity index (χ3v) is 5.35. The largest absolute Gasteiger partial charge is 0.351 e. The molecule has 0 aliphatic heterocycles. The fourth-order valence-electron chi connectivity index (χ4n) is 4.17. The molecule has 0 heterocycles. The lowest BCUT2D eigenvalue weighted by atomic mass is 9.84. The van der Waals surface area contributed by atoms with Gasteiger partial charge in [0.05, 0.1) is 6.54 Å². The molecule has 3 heteroatoms. The van der Waals surface area contributed by atoms with Gasteiger partial charge in [-0.25, -0.2) is 0 Å². The molecule has 2 bridgehead atoms. The first-order chi connectivity index (χ1) is 10.2. The second kappa shape index (κ2) is 6.61. The molecule has 2 aliphatic rings. The third-order valence-electron chi connectivity index (χ3n) is 5.35. The molecule has 3 rings (SSSR count). The van der Waals surface area contributed by atoms with Crippen molar-refractivity contribution in [1.29, 1.82) is 0 Å². The monoisotopic (exact) mass is 286 g/mol. The maximum absolute atomic E-state index is 11.9. The molecule has 4 atom stereocenters. The number of hydrogen-bond donors (Lipinski definition) is 2. The van der Waals surface area contributed by atoms with Crippen molar-refractivity contribution >= 4 is 5.91 Å². The van der Waals surface area contributed by atoms with Gasteiger partial charge in [-0.1, -0.05) is 36.8 Å². The Kier molecular flexibility index (Phi) is 4.59. The number of rotatable bonds is 6. The Morgan fingerprint density at radius 3 is 2.71 bits per heavy atom. The SMILES string of the molecule is CC(NCC(=O)NCc1ccccc1)C1CC2CCC1C2. The van der Waals surface area contributed by atoms with E-state index in [0.717, 1.165) is 23.3 Å². The molecule has 4 unspecified atom stereocenters. The van der Waals surface area contributed by atoms with Crippen molar-refractivity contribution in [3.8, 4) is 0 Å².